The van der Waals surface area contributed by atoms with Crippen molar-refractivity contribution in [3.63, 3.8) is 0 Å². The Morgan fingerprint density at radius 1 is 1.21 bits per heavy atom. The van der Waals surface area contributed by atoms with E-state index in [2.05, 4.69) is 20.8 Å². The van der Waals surface area contributed by atoms with E-state index in [-0.39, 0.29) is 5.70 Å². The number of hydrogen-bond donors (Lipinski definition) is 1. The summed E-state index contributed by atoms with van der Waals surface area (Å²) in [5.74, 6) is 0.234. The molecule has 0 spiro atoms. The van der Waals surface area contributed by atoms with Crippen LogP contribution in [0.15, 0.2) is 59.0 Å². The molecule has 4 aromatic rings. The van der Waals surface area contributed by atoms with Crippen LogP contribution in [-0.4, -0.2) is 26.1 Å². The lowest BCUT2D eigenvalue weighted by Crippen LogP contribution is -2.29. The molecular weight excluding hydrogens is 373 g/mol. The minimum Gasteiger partial charge on any atom is -0.459 e. The number of aromatic nitrogens is 4. The quantitative estimate of drug-likeness (QED) is 0.524. The molecule has 0 radical (unpaired) electrons. The second kappa shape index (κ2) is 7.67. The van der Waals surface area contributed by atoms with E-state index in [9.17, 15) is 9.18 Å². The fourth-order valence-corrected chi connectivity index (χ4v) is 2.99. The zero-order valence-electron chi connectivity index (χ0n) is 15.8. The van der Waals surface area contributed by atoms with E-state index >= 15 is 0 Å². The molecule has 0 aliphatic heterocycles. The van der Waals surface area contributed by atoms with Crippen LogP contribution in [0.5, 0.6) is 0 Å². The van der Waals surface area contributed by atoms with Crippen molar-refractivity contribution in [3.8, 4) is 0 Å². The molecule has 4 rings (SSSR count). The Labute approximate surface area is 165 Å². The third kappa shape index (κ3) is 3.91. The zero-order valence-corrected chi connectivity index (χ0v) is 15.8. The van der Waals surface area contributed by atoms with Crippen molar-refractivity contribution in [2.45, 2.75) is 19.9 Å². The van der Waals surface area contributed by atoms with Gasteiger partial charge in [-0.3, -0.25) is 4.79 Å². The number of amides is 1. The average molecular weight is 391 g/mol. The number of benzene rings is 2. The van der Waals surface area contributed by atoms with Gasteiger partial charge >= 0.3 is 0 Å². The van der Waals surface area contributed by atoms with Crippen LogP contribution in [0.25, 0.3) is 22.7 Å². The summed E-state index contributed by atoms with van der Waals surface area (Å²) in [6, 6.07) is 15.0. The number of furan rings is 1. The van der Waals surface area contributed by atoms with Gasteiger partial charge in [-0.05, 0) is 60.2 Å². The number of halogens is 1. The molecule has 2 aromatic carbocycles. The Balaban J connectivity index is 1.65. The van der Waals surface area contributed by atoms with Crippen molar-refractivity contribution in [3.05, 3.63) is 77.6 Å². The standard InChI is InChI=1S/C21H18FN5O2/c1-13(20-12-16-7-3-4-9-19(16)29-20)23-21(28)18(27-14(2)24-25-26-27)11-15-6-5-8-17(22)10-15/h3-13H,1-2H3,(H,23,28)/b18-11-. The van der Waals surface area contributed by atoms with Crippen LogP contribution >= 0.6 is 0 Å². The third-order valence-corrected chi connectivity index (χ3v) is 4.46. The minimum absolute atomic E-state index is 0.168. The fraction of sp³-hybridized carbons (Fsp3) is 0.143. The maximum absolute atomic E-state index is 13.6. The first-order valence-electron chi connectivity index (χ1n) is 9.03. The molecule has 0 fully saturated rings. The Bertz CT molecular complexity index is 1180. The molecule has 8 heteroatoms. The van der Waals surface area contributed by atoms with Crippen molar-refractivity contribution in [2.75, 3.05) is 0 Å². The van der Waals surface area contributed by atoms with E-state index in [4.69, 9.17) is 4.42 Å². The van der Waals surface area contributed by atoms with Gasteiger partial charge in [-0.25, -0.2) is 4.39 Å². The molecule has 7 nitrogen and oxygen atoms in total. The lowest BCUT2D eigenvalue weighted by atomic mass is 10.1. The number of hydrogen-bond acceptors (Lipinski definition) is 5. The smallest absolute Gasteiger partial charge is 0.270 e. The first-order valence-corrected chi connectivity index (χ1v) is 9.03. The normalized spacial score (nSPS) is 12.9. The highest BCUT2D eigenvalue weighted by molar-refractivity contribution is 6.18. The molecule has 0 saturated heterocycles. The molecule has 1 amide bonds. The molecule has 0 saturated carbocycles. The number of rotatable bonds is 5. The van der Waals surface area contributed by atoms with E-state index in [1.54, 1.807) is 19.1 Å². The molecule has 0 aliphatic carbocycles. The highest BCUT2D eigenvalue weighted by Crippen LogP contribution is 2.24. The van der Waals surface area contributed by atoms with Gasteiger partial charge in [-0.15, -0.1) is 5.10 Å². The summed E-state index contributed by atoms with van der Waals surface area (Å²) in [5, 5.41) is 15.2. The lowest BCUT2D eigenvalue weighted by Gasteiger charge is -2.14. The lowest BCUT2D eigenvalue weighted by molar-refractivity contribution is -0.116. The maximum atomic E-state index is 13.6. The molecule has 1 unspecified atom stereocenters. The van der Waals surface area contributed by atoms with Crippen LogP contribution < -0.4 is 5.32 Å². The van der Waals surface area contributed by atoms with E-state index in [0.717, 1.165) is 11.0 Å². The van der Waals surface area contributed by atoms with Gasteiger partial charge < -0.3 is 9.73 Å². The van der Waals surface area contributed by atoms with Crippen LogP contribution in [0, 0.1) is 12.7 Å². The number of carbonyl (C=O) groups is 1. The molecule has 0 aliphatic rings. The fourth-order valence-electron chi connectivity index (χ4n) is 2.99. The Kier molecular flexibility index (Phi) is 4.90. The monoisotopic (exact) mass is 391 g/mol. The number of aryl methyl sites for hydroxylation is 1. The predicted octanol–water partition coefficient (Wildman–Crippen LogP) is 3.74. The number of tetrazole rings is 1. The second-order valence-corrected chi connectivity index (χ2v) is 6.60. The van der Waals surface area contributed by atoms with Gasteiger partial charge in [-0.1, -0.05) is 30.3 Å². The number of fused-ring (bicyclic) bond motifs is 1. The zero-order chi connectivity index (χ0) is 20.4. The average Bonchev–Trinajstić information content (AvgIpc) is 3.32. The topological polar surface area (TPSA) is 85.8 Å². The highest BCUT2D eigenvalue weighted by Gasteiger charge is 2.20. The van der Waals surface area contributed by atoms with Gasteiger partial charge in [0, 0.05) is 5.39 Å². The first kappa shape index (κ1) is 18.5. The van der Waals surface area contributed by atoms with Crippen LogP contribution in [-0.2, 0) is 4.79 Å². The summed E-state index contributed by atoms with van der Waals surface area (Å²) in [7, 11) is 0. The van der Waals surface area contributed by atoms with Crippen molar-refractivity contribution < 1.29 is 13.6 Å². The molecule has 1 atom stereocenters. The molecule has 29 heavy (non-hydrogen) atoms. The van der Waals surface area contributed by atoms with Crippen LogP contribution in [0.1, 0.15) is 30.1 Å². The van der Waals surface area contributed by atoms with E-state index in [1.807, 2.05) is 37.3 Å². The summed E-state index contributed by atoms with van der Waals surface area (Å²) in [4.78, 5) is 13.1. The van der Waals surface area contributed by atoms with Gasteiger partial charge in [0.05, 0.1) is 6.04 Å². The minimum atomic E-state index is -0.419. The van der Waals surface area contributed by atoms with Crippen molar-refractivity contribution in [1.29, 1.82) is 0 Å². The van der Waals surface area contributed by atoms with Crippen molar-refractivity contribution in [1.82, 2.24) is 25.5 Å². The number of carbonyl (C=O) groups excluding carboxylic acids is 1. The summed E-state index contributed by atoms with van der Waals surface area (Å²) < 4.78 is 20.7. The molecule has 2 heterocycles. The SMILES string of the molecule is Cc1nnnn1/C(=C\c1cccc(F)c1)C(=O)NC(C)c1cc2ccccc2o1. The number of nitrogens with zero attached hydrogens (tertiary/aromatic N) is 4. The van der Waals surface area contributed by atoms with Crippen molar-refractivity contribution in [2.24, 2.45) is 0 Å². The summed E-state index contributed by atoms with van der Waals surface area (Å²) in [5.41, 5.74) is 1.43. The second-order valence-electron chi connectivity index (χ2n) is 6.60. The van der Waals surface area contributed by atoms with E-state index in [1.165, 1.54) is 22.9 Å². The van der Waals surface area contributed by atoms with Crippen LogP contribution in [0.3, 0.4) is 0 Å². The summed E-state index contributed by atoms with van der Waals surface area (Å²) in [6.45, 7) is 3.50. The summed E-state index contributed by atoms with van der Waals surface area (Å²) in [6.07, 6.45) is 1.53. The first-order chi connectivity index (χ1) is 14.0. The summed E-state index contributed by atoms with van der Waals surface area (Å²) >= 11 is 0. The maximum Gasteiger partial charge on any atom is 0.270 e. The van der Waals surface area contributed by atoms with E-state index < -0.39 is 17.8 Å². The third-order valence-electron chi connectivity index (χ3n) is 4.46. The predicted molar refractivity (Wildman–Crippen MR) is 106 cm³/mol. The van der Waals surface area contributed by atoms with Crippen LogP contribution in [0.2, 0.25) is 0 Å². The van der Waals surface area contributed by atoms with Gasteiger partial charge in [-0.2, -0.15) is 4.68 Å². The molecule has 0 bridgehead atoms. The van der Waals surface area contributed by atoms with Gasteiger partial charge in [0.15, 0.2) is 5.82 Å². The number of para-hydroxylation sites is 1. The van der Waals surface area contributed by atoms with E-state index in [0.29, 0.717) is 17.1 Å². The van der Waals surface area contributed by atoms with Crippen LogP contribution in [0.4, 0.5) is 4.39 Å². The van der Waals surface area contributed by atoms with Gasteiger partial charge in [0.1, 0.15) is 22.9 Å². The van der Waals surface area contributed by atoms with Gasteiger partial charge in [0.25, 0.3) is 5.91 Å². The molecular formula is C21H18FN5O2. The largest absolute Gasteiger partial charge is 0.459 e. The Morgan fingerprint density at radius 2 is 2.03 bits per heavy atom. The Hall–Kier alpha value is -3.81. The molecule has 146 valence electrons. The Morgan fingerprint density at radius 3 is 2.76 bits per heavy atom. The highest BCUT2D eigenvalue weighted by atomic mass is 19.1. The van der Waals surface area contributed by atoms with Gasteiger partial charge in [0.2, 0.25) is 0 Å². The van der Waals surface area contributed by atoms with Crippen molar-refractivity contribution >= 4 is 28.6 Å². The number of nitrogens with one attached hydrogen (secondary N) is 1. The molecule has 2 aromatic heterocycles. The molecule has 1 N–H and O–H groups in total.